The third kappa shape index (κ3) is 7.30. The van der Waals surface area contributed by atoms with Gasteiger partial charge >= 0.3 is 11.8 Å². The fourth-order valence-electron chi connectivity index (χ4n) is 2.93. The summed E-state index contributed by atoms with van der Waals surface area (Å²) in [4.78, 5) is 36.0. The van der Waals surface area contributed by atoms with Gasteiger partial charge in [0.15, 0.2) is 6.61 Å². The van der Waals surface area contributed by atoms with Gasteiger partial charge in [0.25, 0.3) is 5.91 Å². The van der Waals surface area contributed by atoms with Crippen molar-refractivity contribution in [3.05, 3.63) is 95.1 Å². The summed E-state index contributed by atoms with van der Waals surface area (Å²) in [6.45, 7) is 4.12. The molecule has 3 aromatic carbocycles. The van der Waals surface area contributed by atoms with Gasteiger partial charge in [-0.05, 0) is 66.4 Å². The first-order valence-corrected chi connectivity index (χ1v) is 10.7. The van der Waals surface area contributed by atoms with E-state index in [-0.39, 0.29) is 12.5 Å². The lowest BCUT2D eigenvalue weighted by Crippen LogP contribution is -2.32. The molecule has 0 atom stereocenters. The number of rotatable bonds is 8. The first kappa shape index (κ1) is 24.2. The van der Waals surface area contributed by atoms with Crippen LogP contribution in [0.15, 0.2) is 77.9 Å². The smallest absolute Gasteiger partial charge is 0.329 e. The molecule has 0 fully saturated rings. The summed E-state index contributed by atoms with van der Waals surface area (Å²) in [6.07, 6.45) is 1.40. The maximum absolute atomic E-state index is 12.1. The predicted molar refractivity (Wildman–Crippen MR) is 131 cm³/mol. The summed E-state index contributed by atoms with van der Waals surface area (Å²) < 4.78 is 5.48. The molecule has 3 amide bonds. The number of benzene rings is 3. The zero-order valence-electron chi connectivity index (χ0n) is 19.0. The number of ether oxygens (including phenoxy) is 1. The van der Waals surface area contributed by atoms with Gasteiger partial charge in [-0.15, -0.1) is 0 Å². The third-order valence-corrected chi connectivity index (χ3v) is 5.02. The van der Waals surface area contributed by atoms with Crippen molar-refractivity contribution in [2.45, 2.75) is 20.4 Å². The number of aryl methyl sites for hydroxylation is 1. The Kier molecular flexibility index (Phi) is 8.51. The molecule has 0 saturated carbocycles. The SMILES string of the molecule is Cc1cccc(NC(=O)C(=O)N/N=C\c2ccc(OCC(=O)NCc3ccccc3)cc2)c1C. The molecule has 34 heavy (non-hydrogen) atoms. The van der Waals surface area contributed by atoms with E-state index in [2.05, 4.69) is 21.2 Å². The van der Waals surface area contributed by atoms with Crippen LogP contribution < -0.4 is 20.8 Å². The summed E-state index contributed by atoms with van der Waals surface area (Å²) in [6, 6.07) is 21.8. The van der Waals surface area contributed by atoms with Crippen LogP contribution in [-0.2, 0) is 20.9 Å². The Labute approximate surface area is 198 Å². The topological polar surface area (TPSA) is 109 Å². The Morgan fingerprint density at radius 1 is 0.882 bits per heavy atom. The molecule has 3 rings (SSSR count). The molecule has 0 aromatic heterocycles. The fourth-order valence-corrected chi connectivity index (χ4v) is 2.93. The fraction of sp³-hybridized carbons (Fsp3) is 0.154. The van der Waals surface area contributed by atoms with Gasteiger partial charge in [-0.25, -0.2) is 5.43 Å². The van der Waals surface area contributed by atoms with Crippen molar-refractivity contribution in [3.8, 4) is 5.75 Å². The second kappa shape index (κ2) is 12.0. The number of carbonyl (C=O) groups excluding carboxylic acids is 3. The molecule has 174 valence electrons. The molecule has 8 heteroatoms. The van der Waals surface area contributed by atoms with Crippen molar-refractivity contribution in [3.63, 3.8) is 0 Å². The zero-order chi connectivity index (χ0) is 24.3. The normalized spacial score (nSPS) is 10.5. The third-order valence-electron chi connectivity index (χ3n) is 5.02. The predicted octanol–water partition coefficient (Wildman–Crippen LogP) is 3.09. The highest BCUT2D eigenvalue weighted by Gasteiger charge is 2.14. The molecule has 3 N–H and O–H groups in total. The van der Waals surface area contributed by atoms with E-state index in [4.69, 9.17) is 4.74 Å². The second-order valence-corrected chi connectivity index (χ2v) is 7.52. The Morgan fingerprint density at radius 2 is 1.62 bits per heavy atom. The lowest BCUT2D eigenvalue weighted by atomic mass is 10.1. The minimum atomic E-state index is -0.876. The number of nitrogens with zero attached hydrogens (tertiary/aromatic N) is 1. The van der Waals surface area contributed by atoms with E-state index in [1.54, 1.807) is 36.4 Å². The molecule has 0 bridgehead atoms. The standard InChI is InChI=1S/C26H26N4O4/c1-18-7-6-10-23(19(18)2)29-25(32)26(33)30-28-16-21-11-13-22(14-12-21)34-17-24(31)27-15-20-8-4-3-5-9-20/h3-14,16H,15,17H2,1-2H3,(H,27,31)(H,29,32)(H,30,33)/b28-16-. The maximum Gasteiger partial charge on any atom is 0.329 e. The van der Waals surface area contributed by atoms with Crippen LogP contribution in [0.4, 0.5) is 5.69 Å². The highest BCUT2D eigenvalue weighted by atomic mass is 16.5. The number of hydrogen-bond donors (Lipinski definition) is 3. The van der Waals surface area contributed by atoms with Crippen molar-refractivity contribution in [2.24, 2.45) is 5.10 Å². The van der Waals surface area contributed by atoms with E-state index in [9.17, 15) is 14.4 Å². The molecule has 8 nitrogen and oxygen atoms in total. The quantitative estimate of drug-likeness (QED) is 0.274. The zero-order valence-corrected chi connectivity index (χ0v) is 19.0. The molecule has 0 radical (unpaired) electrons. The van der Waals surface area contributed by atoms with Crippen molar-refractivity contribution in [2.75, 3.05) is 11.9 Å². The van der Waals surface area contributed by atoms with Crippen LogP contribution in [0.5, 0.6) is 5.75 Å². The van der Waals surface area contributed by atoms with Crippen molar-refractivity contribution in [1.82, 2.24) is 10.7 Å². The van der Waals surface area contributed by atoms with E-state index in [1.807, 2.05) is 50.2 Å². The average Bonchev–Trinajstić information content (AvgIpc) is 2.85. The van der Waals surface area contributed by atoms with Crippen LogP contribution in [-0.4, -0.2) is 30.5 Å². The van der Waals surface area contributed by atoms with E-state index in [1.165, 1.54) is 6.21 Å². The van der Waals surface area contributed by atoms with Gasteiger partial charge in [0.2, 0.25) is 0 Å². The summed E-state index contributed by atoms with van der Waals surface area (Å²) in [5.74, 6) is -1.39. The van der Waals surface area contributed by atoms with Crippen LogP contribution in [0.2, 0.25) is 0 Å². The maximum atomic E-state index is 12.1. The highest BCUT2D eigenvalue weighted by molar-refractivity contribution is 6.39. The Balaban J connectivity index is 1.41. The largest absolute Gasteiger partial charge is 0.484 e. The minimum Gasteiger partial charge on any atom is -0.484 e. The van der Waals surface area contributed by atoms with Gasteiger partial charge in [0.1, 0.15) is 5.75 Å². The van der Waals surface area contributed by atoms with Gasteiger partial charge in [-0.3, -0.25) is 14.4 Å². The van der Waals surface area contributed by atoms with Crippen LogP contribution in [0.25, 0.3) is 0 Å². The molecule has 0 aliphatic rings. The molecule has 0 heterocycles. The van der Waals surface area contributed by atoms with Gasteiger partial charge in [0, 0.05) is 12.2 Å². The van der Waals surface area contributed by atoms with Gasteiger partial charge in [0.05, 0.1) is 6.21 Å². The Bertz CT molecular complexity index is 1180. The van der Waals surface area contributed by atoms with E-state index < -0.39 is 11.8 Å². The molecule has 0 aliphatic carbocycles. The first-order valence-electron chi connectivity index (χ1n) is 10.7. The molecular formula is C26H26N4O4. The molecule has 0 spiro atoms. The second-order valence-electron chi connectivity index (χ2n) is 7.52. The van der Waals surface area contributed by atoms with Crippen molar-refractivity contribution >= 4 is 29.6 Å². The lowest BCUT2D eigenvalue weighted by Gasteiger charge is -2.09. The first-order chi connectivity index (χ1) is 16.4. The molecule has 0 saturated heterocycles. The van der Waals surface area contributed by atoms with Crippen molar-refractivity contribution < 1.29 is 19.1 Å². The molecular weight excluding hydrogens is 432 g/mol. The molecule has 3 aromatic rings. The monoisotopic (exact) mass is 458 g/mol. The van der Waals surface area contributed by atoms with E-state index >= 15 is 0 Å². The summed E-state index contributed by atoms with van der Waals surface area (Å²) >= 11 is 0. The van der Waals surface area contributed by atoms with Gasteiger partial charge in [-0.2, -0.15) is 5.10 Å². The van der Waals surface area contributed by atoms with E-state index in [0.717, 1.165) is 16.7 Å². The average molecular weight is 459 g/mol. The van der Waals surface area contributed by atoms with Crippen molar-refractivity contribution in [1.29, 1.82) is 0 Å². The van der Waals surface area contributed by atoms with E-state index in [0.29, 0.717) is 23.5 Å². The number of hydrogen-bond acceptors (Lipinski definition) is 5. The Hall–Kier alpha value is -4.46. The number of hydrazone groups is 1. The number of amides is 3. The van der Waals surface area contributed by atoms with Gasteiger partial charge in [-0.1, -0.05) is 42.5 Å². The highest BCUT2D eigenvalue weighted by Crippen LogP contribution is 2.17. The van der Waals surface area contributed by atoms with Crippen LogP contribution in [0, 0.1) is 13.8 Å². The lowest BCUT2D eigenvalue weighted by molar-refractivity contribution is -0.136. The number of anilines is 1. The molecule has 0 unspecified atom stereocenters. The Morgan fingerprint density at radius 3 is 2.35 bits per heavy atom. The number of carbonyl (C=O) groups is 3. The summed E-state index contributed by atoms with van der Waals surface area (Å²) in [7, 11) is 0. The summed E-state index contributed by atoms with van der Waals surface area (Å²) in [5, 5.41) is 9.18. The number of nitrogens with one attached hydrogen (secondary N) is 3. The van der Waals surface area contributed by atoms with Crippen LogP contribution >= 0.6 is 0 Å². The van der Waals surface area contributed by atoms with Gasteiger partial charge < -0.3 is 15.4 Å². The minimum absolute atomic E-state index is 0.105. The van der Waals surface area contributed by atoms with Crippen LogP contribution in [0.3, 0.4) is 0 Å². The molecule has 0 aliphatic heterocycles. The van der Waals surface area contributed by atoms with Crippen LogP contribution in [0.1, 0.15) is 22.3 Å². The summed E-state index contributed by atoms with van der Waals surface area (Å²) in [5.41, 5.74) is 6.37.